The molecule has 0 saturated carbocycles. The standard InChI is InChI=1S/C3H7NS/c1-3(4)5-2/h1,4H2,2H3. The van der Waals surface area contributed by atoms with Crippen LogP contribution in [0.25, 0.3) is 0 Å². The highest BCUT2D eigenvalue weighted by Crippen LogP contribution is 1.96. The van der Waals surface area contributed by atoms with E-state index in [1.165, 1.54) is 11.8 Å². The van der Waals surface area contributed by atoms with Crippen molar-refractivity contribution in [2.24, 2.45) is 5.73 Å². The number of nitrogens with two attached hydrogens (primary N) is 1. The smallest absolute Gasteiger partial charge is 0.0579 e. The van der Waals surface area contributed by atoms with Crippen molar-refractivity contribution in [1.82, 2.24) is 0 Å². The Kier molecular flexibility index (Phi) is 2.10. The molecule has 0 radical (unpaired) electrons. The summed E-state index contributed by atoms with van der Waals surface area (Å²) in [5.41, 5.74) is 5.06. The molecule has 0 heterocycles. The Morgan fingerprint density at radius 3 is 2.20 bits per heavy atom. The van der Waals surface area contributed by atoms with Crippen LogP contribution in [0.4, 0.5) is 0 Å². The van der Waals surface area contributed by atoms with Gasteiger partial charge >= 0.3 is 0 Å². The second kappa shape index (κ2) is 2.15. The van der Waals surface area contributed by atoms with Gasteiger partial charge in [-0.05, 0) is 6.26 Å². The van der Waals surface area contributed by atoms with Crippen LogP contribution < -0.4 is 5.73 Å². The first-order valence-electron chi connectivity index (χ1n) is 1.25. The molecule has 0 aromatic carbocycles. The molecular formula is C3H7NS. The normalized spacial score (nSPS) is 7.40. The molecule has 0 aromatic heterocycles. The summed E-state index contributed by atoms with van der Waals surface area (Å²) >= 11 is 1.46. The van der Waals surface area contributed by atoms with E-state index in [1.54, 1.807) is 0 Å². The molecule has 0 atom stereocenters. The van der Waals surface area contributed by atoms with E-state index in [0.717, 1.165) is 0 Å². The van der Waals surface area contributed by atoms with Crippen LogP contribution in [0.1, 0.15) is 0 Å². The Bertz CT molecular complexity index is 42.2. The van der Waals surface area contributed by atoms with Gasteiger partial charge in [0.25, 0.3) is 0 Å². The molecule has 0 saturated heterocycles. The van der Waals surface area contributed by atoms with E-state index in [9.17, 15) is 0 Å². The fourth-order valence-corrected chi connectivity index (χ4v) is 0. The molecular weight excluding hydrogens is 82.1 g/mol. The summed E-state index contributed by atoms with van der Waals surface area (Å²) in [6, 6.07) is 0. The summed E-state index contributed by atoms with van der Waals surface area (Å²) in [5, 5.41) is 0.671. The topological polar surface area (TPSA) is 26.0 Å². The molecule has 0 aliphatic carbocycles. The quantitative estimate of drug-likeness (QED) is 0.513. The van der Waals surface area contributed by atoms with Crippen molar-refractivity contribution in [3.8, 4) is 0 Å². The van der Waals surface area contributed by atoms with E-state index in [0.29, 0.717) is 5.03 Å². The van der Waals surface area contributed by atoms with Gasteiger partial charge in [0.05, 0.1) is 5.03 Å². The third-order valence-electron chi connectivity index (χ3n) is 0.262. The predicted octanol–water partition coefficient (Wildman–Crippen LogP) is 0.779. The molecule has 2 heteroatoms. The largest absolute Gasteiger partial charge is 0.394 e. The van der Waals surface area contributed by atoms with Gasteiger partial charge in [-0.2, -0.15) is 0 Å². The number of thioether (sulfide) groups is 1. The zero-order valence-corrected chi connectivity index (χ0v) is 4.01. The van der Waals surface area contributed by atoms with Crippen molar-refractivity contribution in [1.29, 1.82) is 0 Å². The summed E-state index contributed by atoms with van der Waals surface area (Å²) in [6.45, 7) is 3.41. The van der Waals surface area contributed by atoms with Gasteiger partial charge in [-0.25, -0.2) is 0 Å². The van der Waals surface area contributed by atoms with Gasteiger partial charge in [-0.1, -0.05) is 6.58 Å². The highest BCUT2D eigenvalue weighted by Gasteiger charge is 1.67. The van der Waals surface area contributed by atoms with Crippen molar-refractivity contribution >= 4 is 11.8 Å². The van der Waals surface area contributed by atoms with Crippen molar-refractivity contribution in [2.45, 2.75) is 0 Å². The van der Waals surface area contributed by atoms with E-state index in [2.05, 4.69) is 6.58 Å². The molecule has 0 aliphatic heterocycles. The van der Waals surface area contributed by atoms with E-state index in [4.69, 9.17) is 5.73 Å². The van der Waals surface area contributed by atoms with Crippen LogP contribution in [0, 0.1) is 0 Å². The summed E-state index contributed by atoms with van der Waals surface area (Å²) in [4.78, 5) is 0. The Balaban J connectivity index is 2.85. The van der Waals surface area contributed by atoms with Gasteiger partial charge in [0.15, 0.2) is 0 Å². The summed E-state index contributed by atoms with van der Waals surface area (Å²) in [5.74, 6) is 0. The first kappa shape index (κ1) is 4.89. The maximum absolute atomic E-state index is 5.06. The number of hydrogen-bond acceptors (Lipinski definition) is 2. The van der Waals surface area contributed by atoms with Crippen LogP contribution in [0.15, 0.2) is 11.6 Å². The molecule has 0 unspecified atom stereocenters. The van der Waals surface area contributed by atoms with Crippen molar-refractivity contribution in [3.05, 3.63) is 11.6 Å². The van der Waals surface area contributed by atoms with E-state index >= 15 is 0 Å². The molecule has 0 rings (SSSR count). The van der Waals surface area contributed by atoms with Crippen molar-refractivity contribution in [3.63, 3.8) is 0 Å². The second-order valence-electron chi connectivity index (χ2n) is 0.670. The lowest BCUT2D eigenvalue weighted by atomic mass is 11.1. The monoisotopic (exact) mass is 89.0 g/mol. The molecule has 30 valence electrons. The van der Waals surface area contributed by atoms with E-state index < -0.39 is 0 Å². The van der Waals surface area contributed by atoms with E-state index in [1.807, 2.05) is 6.26 Å². The zero-order chi connectivity index (χ0) is 4.28. The Morgan fingerprint density at radius 2 is 2.20 bits per heavy atom. The Hall–Kier alpha value is -0.110. The highest BCUT2D eigenvalue weighted by molar-refractivity contribution is 8.02. The number of hydrogen-bond donors (Lipinski definition) is 1. The molecule has 0 aromatic rings. The van der Waals surface area contributed by atoms with Crippen LogP contribution in [0.5, 0.6) is 0 Å². The molecule has 0 spiro atoms. The van der Waals surface area contributed by atoms with Crippen LogP contribution in [0.2, 0.25) is 0 Å². The zero-order valence-electron chi connectivity index (χ0n) is 3.19. The maximum Gasteiger partial charge on any atom is 0.0579 e. The van der Waals surface area contributed by atoms with Gasteiger partial charge in [0, 0.05) is 0 Å². The van der Waals surface area contributed by atoms with Crippen molar-refractivity contribution < 1.29 is 0 Å². The average molecular weight is 89.2 g/mol. The van der Waals surface area contributed by atoms with Gasteiger partial charge in [0.2, 0.25) is 0 Å². The molecule has 2 N–H and O–H groups in total. The van der Waals surface area contributed by atoms with Gasteiger partial charge in [0.1, 0.15) is 0 Å². The fraction of sp³-hybridized carbons (Fsp3) is 0.333. The SMILES string of the molecule is C=C(N)SC. The van der Waals surface area contributed by atoms with Crippen molar-refractivity contribution in [2.75, 3.05) is 6.26 Å². The highest BCUT2D eigenvalue weighted by atomic mass is 32.2. The molecule has 0 fully saturated rings. The van der Waals surface area contributed by atoms with Crippen LogP contribution in [-0.2, 0) is 0 Å². The average Bonchev–Trinajstić information content (AvgIpc) is 1.38. The number of rotatable bonds is 1. The lowest BCUT2D eigenvalue weighted by molar-refractivity contribution is 1.58. The molecule has 0 amide bonds. The molecule has 1 nitrogen and oxygen atoms in total. The Morgan fingerprint density at radius 1 is 2.00 bits per heavy atom. The minimum absolute atomic E-state index is 0.671. The predicted molar refractivity (Wildman–Crippen MR) is 26.8 cm³/mol. The van der Waals surface area contributed by atoms with Crippen LogP contribution in [-0.4, -0.2) is 6.26 Å². The van der Waals surface area contributed by atoms with Gasteiger partial charge < -0.3 is 5.73 Å². The van der Waals surface area contributed by atoms with Crippen LogP contribution in [0.3, 0.4) is 0 Å². The Labute approximate surface area is 36.2 Å². The summed E-state index contributed by atoms with van der Waals surface area (Å²) in [7, 11) is 0. The maximum atomic E-state index is 5.06. The first-order chi connectivity index (χ1) is 2.27. The molecule has 0 bridgehead atoms. The summed E-state index contributed by atoms with van der Waals surface area (Å²) < 4.78 is 0. The van der Waals surface area contributed by atoms with Gasteiger partial charge in [-0.3, -0.25) is 0 Å². The third kappa shape index (κ3) is 3.89. The molecule has 0 aliphatic rings. The van der Waals surface area contributed by atoms with E-state index in [-0.39, 0.29) is 0 Å². The molecule has 5 heavy (non-hydrogen) atoms. The van der Waals surface area contributed by atoms with Crippen LogP contribution >= 0.6 is 11.8 Å². The van der Waals surface area contributed by atoms with Gasteiger partial charge in [-0.15, -0.1) is 11.8 Å². The lowest BCUT2D eigenvalue weighted by Gasteiger charge is -1.81. The first-order valence-corrected chi connectivity index (χ1v) is 2.48. The minimum Gasteiger partial charge on any atom is -0.394 e. The third-order valence-corrected chi connectivity index (χ3v) is 0.787. The fourth-order valence-electron chi connectivity index (χ4n) is 0. The lowest BCUT2D eigenvalue weighted by Crippen LogP contribution is -1.84. The second-order valence-corrected chi connectivity index (χ2v) is 1.60. The minimum atomic E-state index is 0.671. The summed E-state index contributed by atoms with van der Waals surface area (Å²) in [6.07, 6.45) is 1.89.